The summed E-state index contributed by atoms with van der Waals surface area (Å²) in [5.74, 6) is -1.04. The first-order chi connectivity index (χ1) is 6.98. The number of hydrogen-bond acceptors (Lipinski definition) is 0. The molecule has 0 N–H and O–H groups in total. The second-order valence-electron chi connectivity index (χ2n) is 2.85. The molecule has 0 aromatic heterocycles. The van der Waals surface area contributed by atoms with Crippen LogP contribution in [0.5, 0.6) is 0 Å². The highest BCUT2D eigenvalue weighted by atomic mass is 28.2. The van der Waals surface area contributed by atoms with Crippen LogP contribution in [0.15, 0.2) is 23.8 Å². The lowest BCUT2D eigenvalue weighted by Crippen LogP contribution is -2.26. The van der Waals surface area contributed by atoms with Crippen molar-refractivity contribution in [2.75, 3.05) is 0 Å². The average Bonchev–Trinajstić information content (AvgIpc) is 2.16. The summed E-state index contributed by atoms with van der Waals surface area (Å²) in [4.78, 5) is 0. The fourth-order valence-corrected chi connectivity index (χ4v) is 2.26. The van der Waals surface area contributed by atoms with E-state index in [2.05, 4.69) is 0 Å². The molecule has 4 heteroatoms. The fraction of sp³-hybridized carbons (Fsp3) is 0.182. The smallest absolute Gasteiger partial charge is 0.173 e. The van der Waals surface area contributed by atoms with E-state index in [4.69, 9.17) is 12.8 Å². The Labute approximate surface area is 88.3 Å². The summed E-state index contributed by atoms with van der Waals surface area (Å²) in [6.07, 6.45) is 18.2. The van der Waals surface area contributed by atoms with Crippen LogP contribution >= 0.6 is 0 Å². The molecule has 74 valence electrons. The second-order valence-corrected chi connectivity index (χ2v) is 4.42. The van der Waals surface area contributed by atoms with E-state index < -0.39 is 20.8 Å². The molecule has 0 aromatic rings. The van der Waals surface area contributed by atoms with Gasteiger partial charge in [0.25, 0.3) is 0 Å². The minimum absolute atomic E-state index is 0.0370. The highest BCUT2D eigenvalue weighted by Crippen LogP contribution is 2.18. The number of halogens is 3. The normalized spacial score (nSPS) is 23.1. The van der Waals surface area contributed by atoms with Gasteiger partial charge in [0.15, 0.2) is 0 Å². The van der Waals surface area contributed by atoms with Gasteiger partial charge < -0.3 is 0 Å². The quantitative estimate of drug-likeness (QED) is 0.429. The maximum Gasteiger partial charge on any atom is 0.375 e. The van der Waals surface area contributed by atoms with E-state index >= 15 is 0 Å². The lowest BCUT2D eigenvalue weighted by molar-refractivity contribution is -0.0440. The molecule has 1 atom stereocenters. The first kappa shape index (κ1) is 11.6. The fourth-order valence-electron chi connectivity index (χ4n) is 1.21. The number of allylic oxidation sites excluding steroid dienone is 4. The van der Waals surface area contributed by atoms with Crippen LogP contribution in [0.4, 0.5) is 13.2 Å². The van der Waals surface area contributed by atoms with Gasteiger partial charge in [-0.15, -0.1) is 0 Å². The van der Waals surface area contributed by atoms with Crippen molar-refractivity contribution in [2.24, 2.45) is 5.92 Å². The molecule has 0 aliphatic heterocycles. The van der Waals surface area contributed by atoms with Gasteiger partial charge >= 0.3 is 5.80 Å². The lowest BCUT2D eigenvalue weighted by atomic mass is 9.95. The van der Waals surface area contributed by atoms with Crippen LogP contribution in [0.25, 0.3) is 0 Å². The molecule has 2 radical (unpaired) electrons. The Balaban J connectivity index is 3.19. The van der Waals surface area contributed by atoms with Crippen LogP contribution in [-0.4, -0.2) is 20.1 Å². The van der Waals surface area contributed by atoms with Crippen LogP contribution in [0, 0.1) is 30.6 Å². The number of hydrogen-bond donors (Lipinski definition) is 0. The van der Waals surface area contributed by atoms with Crippen LogP contribution < -0.4 is 0 Å². The summed E-state index contributed by atoms with van der Waals surface area (Å²) < 4.78 is 36.7. The first-order valence-corrected chi connectivity index (χ1v) is 5.17. The number of alkyl halides is 3. The van der Waals surface area contributed by atoms with E-state index in [9.17, 15) is 13.2 Å². The van der Waals surface area contributed by atoms with Crippen molar-refractivity contribution in [3.05, 3.63) is 36.6 Å². The van der Waals surface area contributed by atoms with Gasteiger partial charge in [-0.2, -0.15) is 13.2 Å². The van der Waals surface area contributed by atoms with Crippen LogP contribution in [0.2, 0.25) is 0 Å². The zero-order valence-corrected chi connectivity index (χ0v) is 8.68. The van der Waals surface area contributed by atoms with Crippen molar-refractivity contribution in [3.8, 4) is 11.8 Å². The van der Waals surface area contributed by atoms with Crippen molar-refractivity contribution >= 4 is 14.3 Å². The Hall–Kier alpha value is -1.52. The van der Waals surface area contributed by atoms with Gasteiger partial charge in [0.2, 0.25) is 0 Å². The lowest BCUT2D eigenvalue weighted by Gasteiger charge is -2.15. The molecule has 1 rings (SSSR count). The van der Waals surface area contributed by atoms with E-state index in [0.717, 1.165) is 0 Å². The van der Waals surface area contributed by atoms with Crippen molar-refractivity contribution in [1.82, 2.24) is 0 Å². The molecule has 15 heavy (non-hydrogen) atoms. The molecule has 0 bridgehead atoms. The molecule has 0 saturated heterocycles. The third-order valence-electron chi connectivity index (χ3n) is 1.82. The van der Waals surface area contributed by atoms with Gasteiger partial charge in [-0.3, -0.25) is 0 Å². The minimum atomic E-state index is -4.26. The summed E-state index contributed by atoms with van der Waals surface area (Å²) in [6, 6.07) is 0. The van der Waals surface area contributed by atoms with Crippen molar-refractivity contribution in [1.29, 1.82) is 0 Å². The Bertz CT molecular complexity index is 424. The van der Waals surface area contributed by atoms with Gasteiger partial charge in [-0.25, -0.2) is 0 Å². The summed E-state index contributed by atoms with van der Waals surface area (Å²) in [7, 11) is -1.94. The van der Waals surface area contributed by atoms with Crippen molar-refractivity contribution in [3.63, 3.8) is 0 Å². The van der Waals surface area contributed by atoms with Gasteiger partial charge in [0.1, 0.15) is 9.13 Å². The van der Waals surface area contributed by atoms with Crippen molar-refractivity contribution < 1.29 is 13.2 Å². The molecule has 1 aliphatic carbocycles. The largest absolute Gasteiger partial charge is 0.375 e. The summed E-state index contributed by atoms with van der Waals surface area (Å²) >= 11 is 0. The highest BCUT2D eigenvalue weighted by molar-refractivity contribution is 6.61. The molecule has 1 aliphatic rings. The average molecular weight is 222 g/mol. The maximum absolute atomic E-state index is 12.2. The predicted molar refractivity (Wildman–Crippen MR) is 53.2 cm³/mol. The summed E-state index contributed by atoms with van der Waals surface area (Å²) in [5, 5.41) is 0.0370. The minimum Gasteiger partial charge on any atom is -0.173 e. The Morgan fingerprint density at radius 3 is 2.47 bits per heavy atom. The third kappa shape index (κ3) is 2.97. The van der Waals surface area contributed by atoms with E-state index in [1.54, 1.807) is 0 Å². The molecular formula is C11H5F3Si. The zero-order chi connectivity index (χ0) is 11.5. The SMILES string of the molecule is [C]#CC1=CC=CC(C#[C])C1=[SiH]C(F)(F)F. The predicted octanol–water partition coefficient (Wildman–Crippen LogP) is 1.41. The van der Waals surface area contributed by atoms with Gasteiger partial charge in [-0.05, 0) is 24.1 Å². The molecule has 0 heterocycles. The van der Waals surface area contributed by atoms with Crippen LogP contribution in [-0.2, 0) is 0 Å². The van der Waals surface area contributed by atoms with Crippen LogP contribution in [0.1, 0.15) is 0 Å². The van der Waals surface area contributed by atoms with E-state index in [1.165, 1.54) is 18.2 Å². The number of rotatable bonds is 0. The Morgan fingerprint density at radius 2 is 2.00 bits per heavy atom. The monoisotopic (exact) mass is 222 g/mol. The molecule has 0 saturated carbocycles. The molecule has 0 spiro atoms. The van der Waals surface area contributed by atoms with Gasteiger partial charge in [-0.1, -0.05) is 24.0 Å². The topological polar surface area (TPSA) is 0 Å². The summed E-state index contributed by atoms with van der Waals surface area (Å²) in [5.41, 5.74) is 0.120. The second kappa shape index (κ2) is 4.33. The molecule has 0 amide bonds. The zero-order valence-electron chi connectivity index (χ0n) is 7.52. The van der Waals surface area contributed by atoms with Crippen LogP contribution in [0.3, 0.4) is 0 Å². The molecule has 0 fully saturated rings. The molecule has 0 aromatic carbocycles. The molecule has 1 unspecified atom stereocenters. The van der Waals surface area contributed by atoms with Gasteiger partial charge in [0, 0.05) is 5.57 Å². The summed E-state index contributed by atoms with van der Waals surface area (Å²) in [6.45, 7) is 0. The highest BCUT2D eigenvalue weighted by Gasteiger charge is 2.28. The maximum atomic E-state index is 12.2. The van der Waals surface area contributed by atoms with Gasteiger partial charge in [0.05, 0.1) is 5.92 Å². The van der Waals surface area contributed by atoms with Crippen molar-refractivity contribution in [2.45, 2.75) is 5.80 Å². The Kier molecular flexibility index (Phi) is 3.34. The van der Waals surface area contributed by atoms with E-state index in [-0.39, 0.29) is 10.7 Å². The standard InChI is InChI=1S/C11H5F3Si/c1-3-8-6-5-7-9(4-2)10(8)15-11(12,13)14/h5-8,15H. The first-order valence-electron chi connectivity index (χ1n) is 4.01. The van der Waals surface area contributed by atoms with E-state index in [0.29, 0.717) is 0 Å². The Morgan fingerprint density at radius 1 is 1.33 bits per heavy atom. The molecular weight excluding hydrogens is 217 g/mol. The third-order valence-corrected chi connectivity index (χ3v) is 3.13. The van der Waals surface area contributed by atoms with E-state index in [1.807, 2.05) is 11.8 Å². The molecule has 0 nitrogen and oxygen atoms in total.